The van der Waals surface area contributed by atoms with E-state index in [4.69, 9.17) is 4.52 Å². The number of hydrogen-bond acceptors (Lipinski definition) is 5. The third-order valence-electron chi connectivity index (χ3n) is 4.84. The Balaban J connectivity index is 1.42. The molecule has 4 rings (SSSR count). The number of aromatic nitrogens is 2. The fourth-order valence-electron chi connectivity index (χ4n) is 3.28. The monoisotopic (exact) mass is 429 g/mol. The first-order valence-corrected chi connectivity index (χ1v) is 11.1. The number of carbonyl (C=O) groups excluding carboxylic acids is 1. The molecule has 3 aromatic carbocycles. The van der Waals surface area contributed by atoms with Gasteiger partial charge in [-0.2, -0.15) is 4.98 Å². The Morgan fingerprint density at radius 3 is 2.29 bits per heavy atom. The van der Waals surface area contributed by atoms with E-state index in [1.165, 1.54) is 5.56 Å². The Kier molecular flexibility index (Phi) is 6.79. The van der Waals surface area contributed by atoms with Crippen molar-refractivity contribution in [2.24, 2.45) is 0 Å². The number of thioether (sulfide) groups is 1. The van der Waals surface area contributed by atoms with Gasteiger partial charge >= 0.3 is 0 Å². The lowest BCUT2D eigenvalue weighted by Crippen LogP contribution is -2.30. The van der Waals surface area contributed by atoms with Crippen molar-refractivity contribution in [2.75, 3.05) is 0 Å². The molecule has 4 aromatic rings. The molecule has 1 unspecified atom stereocenters. The second kappa shape index (κ2) is 10.1. The molecule has 6 heteroatoms. The van der Waals surface area contributed by atoms with Crippen molar-refractivity contribution < 1.29 is 9.32 Å². The lowest BCUT2D eigenvalue weighted by atomic mass is 9.98. The van der Waals surface area contributed by atoms with E-state index in [9.17, 15) is 4.79 Å². The first kappa shape index (κ1) is 20.9. The molecule has 0 spiro atoms. The van der Waals surface area contributed by atoms with E-state index in [-0.39, 0.29) is 11.9 Å². The van der Waals surface area contributed by atoms with Gasteiger partial charge in [0.15, 0.2) is 5.82 Å². The Morgan fingerprint density at radius 1 is 0.968 bits per heavy atom. The van der Waals surface area contributed by atoms with E-state index >= 15 is 0 Å². The molecular weight excluding hydrogens is 406 g/mol. The summed E-state index contributed by atoms with van der Waals surface area (Å²) in [4.78, 5) is 18.2. The fraction of sp³-hybridized carbons (Fsp3) is 0.160. The number of nitrogens with one attached hydrogen (secondary N) is 1. The quantitative estimate of drug-likeness (QED) is 0.381. The third kappa shape index (κ3) is 5.83. The van der Waals surface area contributed by atoms with Crippen LogP contribution in [0.4, 0.5) is 0 Å². The summed E-state index contributed by atoms with van der Waals surface area (Å²) in [6.45, 7) is 1.80. The van der Waals surface area contributed by atoms with Crippen LogP contribution in [0.25, 0.3) is 0 Å². The zero-order chi connectivity index (χ0) is 21.5. The molecule has 0 bridgehead atoms. The molecule has 1 N–H and O–H groups in total. The Bertz CT molecular complexity index is 1110. The van der Waals surface area contributed by atoms with Gasteiger partial charge in [0.1, 0.15) is 0 Å². The summed E-state index contributed by atoms with van der Waals surface area (Å²) < 4.78 is 5.14. The van der Waals surface area contributed by atoms with E-state index < -0.39 is 0 Å². The molecule has 5 nitrogen and oxygen atoms in total. The summed E-state index contributed by atoms with van der Waals surface area (Å²) in [5.41, 5.74) is 2.90. The van der Waals surface area contributed by atoms with E-state index in [1.54, 1.807) is 18.7 Å². The van der Waals surface area contributed by atoms with E-state index in [1.807, 2.05) is 72.8 Å². The zero-order valence-corrected chi connectivity index (χ0v) is 18.0. The van der Waals surface area contributed by atoms with Crippen molar-refractivity contribution in [3.8, 4) is 0 Å². The number of benzene rings is 3. The summed E-state index contributed by atoms with van der Waals surface area (Å²) in [7, 11) is 0. The molecule has 0 aliphatic carbocycles. The van der Waals surface area contributed by atoms with Gasteiger partial charge in [0.25, 0.3) is 5.91 Å². The van der Waals surface area contributed by atoms with Crippen LogP contribution in [-0.4, -0.2) is 16.0 Å². The van der Waals surface area contributed by atoms with Crippen molar-refractivity contribution >= 4 is 17.7 Å². The van der Waals surface area contributed by atoms with Crippen molar-refractivity contribution in [1.29, 1.82) is 0 Å². The van der Waals surface area contributed by atoms with Crippen LogP contribution in [0.1, 0.15) is 39.2 Å². The summed E-state index contributed by atoms with van der Waals surface area (Å²) in [6, 6.07) is 27.7. The lowest BCUT2D eigenvalue weighted by Gasteiger charge is -2.20. The molecule has 0 saturated carbocycles. The Labute approximate surface area is 185 Å². The Morgan fingerprint density at radius 2 is 1.65 bits per heavy atom. The maximum Gasteiger partial charge on any atom is 0.251 e. The predicted molar refractivity (Wildman–Crippen MR) is 122 cm³/mol. The van der Waals surface area contributed by atoms with Gasteiger partial charge in [0, 0.05) is 10.5 Å². The van der Waals surface area contributed by atoms with Crippen LogP contribution < -0.4 is 5.32 Å². The molecule has 1 heterocycles. The maximum atomic E-state index is 13.0. The largest absolute Gasteiger partial charge is 0.345 e. The summed E-state index contributed by atoms with van der Waals surface area (Å²) >= 11 is 1.59. The van der Waals surface area contributed by atoms with Crippen molar-refractivity contribution in [1.82, 2.24) is 15.5 Å². The summed E-state index contributed by atoms with van der Waals surface area (Å²) in [6.07, 6.45) is 0.730. The molecule has 156 valence electrons. The van der Waals surface area contributed by atoms with Gasteiger partial charge < -0.3 is 9.84 Å². The number of amides is 1. The number of hydrogen-bond donors (Lipinski definition) is 1. The standard InChI is InChI=1S/C25H23N3O2S/c1-18-26-24(30-28-18)17-31-22-14-12-21(13-15-22)25(29)27-23(20-10-6-3-7-11-20)16-19-8-4-2-5-9-19/h2-15,23H,16-17H2,1H3,(H,27,29). The van der Waals surface area contributed by atoms with Gasteiger partial charge in [-0.1, -0.05) is 65.8 Å². The molecule has 0 aliphatic heterocycles. The smallest absolute Gasteiger partial charge is 0.251 e. The van der Waals surface area contributed by atoms with Crippen LogP contribution in [0.15, 0.2) is 94.3 Å². The first-order valence-electron chi connectivity index (χ1n) is 10.1. The highest BCUT2D eigenvalue weighted by atomic mass is 32.2. The average molecular weight is 430 g/mol. The minimum absolute atomic E-state index is 0.0890. The van der Waals surface area contributed by atoms with E-state index in [2.05, 4.69) is 27.6 Å². The molecule has 0 radical (unpaired) electrons. The van der Waals surface area contributed by atoms with Crippen molar-refractivity contribution in [3.05, 3.63) is 113 Å². The van der Waals surface area contributed by atoms with Gasteiger partial charge in [-0.25, -0.2) is 0 Å². The van der Waals surface area contributed by atoms with Crippen LogP contribution in [-0.2, 0) is 12.2 Å². The number of carbonyl (C=O) groups is 1. The predicted octanol–water partition coefficient (Wildman–Crippen LogP) is 5.38. The first-order chi connectivity index (χ1) is 15.2. The normalized spacial score (nSPS) is 11.8. The van der Waals surface area contributed by atoms with E-state index in [0.717, 1.165) is 16.9 Å². The van der Waals surface area contributed by atoms with Gasteiger partial charge in [0.2, 0.25) is 5.89 Å². The third-order valence-corrected chi connectivity index (χ3v) is 5.84. The number of aryl methyl sites for hydroxylation is 1. The molecule has 1 amide bonds. The molecule has 0 saturated heterocycles. The Hall–Kier alpha value is -3.38. The van der Waals surface area contributed by atoms with Crippen molar-refractivity contribution in [2.45, 2.75) is 30.0 Å². The summed E-state index contributed by atoms with van der Waals surface area (Å²) in [5.74, 6) is 1.73. The SMILES string of the molecule is Cc1noc(CSc2ccc(C(=O)NC(Cc3ccccc3)c3ccccc3)cc2)n1. The highest BCUT2D eigenvalue weighted by molar-refractivity contribution is 7.98. The van der Waals surface area contributed by atoms with Crippen LogP contribution in [0.2, 0.25) is 0 Å². The second-order valence-electron chi connectivity index (χ2n) is 7.17. The minimum Gasteiger partial charge on any atom is -0.345 e. The topological polar surface area (TPSA) is 68.0 Å². The van der Waals surface area contributed by atoms with Crippen LogP contribution in [0.3, 0.4) is 0 Å². The lowest BCUT2D eigenvalue weighted by molar-refractivity contribution is 0.0936. The minimum atomic E-state index is -0.106. The van der Waals surface area contributed by atoms with Gasteiger partial charge in [-0.05, 0) is 48.7 Å². The fourth-order valence-corrected chi connectivity index (χ4v) is 4.01. The highest BCUT2D eigenvalue weighted by Gasteiger charge is 2.16. The van der Waals surface area contributed by atoms with Crippen molar-refractivity contribution in [3.63, 3.8) is 0 Å². The molecule has 0 fully saturated rings. The zero-order valence-electron chi connectivity index (χ0n) is 17.2. The van der Waals surface area contributed by atoms with Crippen LogP contribution in [0.5, 0.6) is 0 Å². The second-order valence-corrected chi connectivity index (χ2v) is 8.22. The molecule has 1 aromatic heterocycles. The molecular formula is C25H23N3O2S. The van der Waals surface area contributed by atoms with E-state index in [0.29, 0.717) is 23.0 Å². The number of rotatable bonds is 8. The molecule has 1 atom stereocenters. The number of nitrogens with zero attached hydrogens (tertiary/aromatic N) is 2. The van der Waals surface area contributed by atoms with Crippen LogP contribution in [0, 0.1) is 6.92 Å². The van der Waals surface area contributed by atoms with Gasteiger partial charge in [-0.15, -0.1) is 11.8 Å². The maximum absolute atomic E-state index is 13.0. The molecule has 0 aliphatic rings. The van der Waals surface area contributed by atoms with Gasteiger partial charge in [0.05, 0.1) is 11.8 Å². The summed E-state index contributed by atoms with van der Waals surface area (Å²) in [5, 5.41) is 7.00. The average Bonchev–Trinajstić information content (AvgIpc) is 3.24. The molecule has 31 heavy (non-hydrogen) atoms. The van der Waals surface area contributed by atoms with Crippen LogP contribution >= 0.6 is 11.8 Å². The highest BCUT2D eigenvalue weighted by Crippen LogP contribution is 2.23. The van der Waals surface area contributed by atoms with Gasteiger partial charge in [-0.3, -0.25) is 4.79 Å².